The van der Waals surface area contributed by atoms with Gasteiger partial charge in [-0.05, 0) is 45.2 Å². The van der Waals surface area contributed by atoms with Crippen LogP contribution in [0.2, 0.25) is 0 Å². The van der Waals surface area contributed by atoms with Gasteiger partial charge in [-0.1, -0.05) is 18.2 Å². The number of aryl methyl sites for hydroxylation is 1. The van der Waals surface area contributed by atoms with Crippen molar-refractivity contribution in [2.75, 3.05) is 44.2 Å². The standard InChI is InChI=1S/C21H32N4O2/c1-4-25(19-8-6-5-7-16(19)2)20(26)15-23-11-13-24(14-12-23)17(3)21(27)22-18-9-10-18/h5-8,17-18H,4,9-15H2,1-3H3,(H,22,27). The van der Waals surface area contributed by atoms with Gasteiger partial charge in [0.15, 0.2) is 0 Å². The Kier molecular flexibility index (Phi) is 6.50. The first-order valence-electron chi connectivity index (χ1n) is 10.1. The minimum Gasteiger partial charge on any atom is -0.352 e. The summed E-state index contributed by atoms with van der Waals surface area (Å²) in [7, 11) is 0. The number of hydrogen-bond acceptors (Lipinski definition) is 4. The van der Waals surface area contributed by atoms with Crippen LogP contribution >= 0.6 is 0 Å². The second kappa shape index (κ2) is 8.85. The number of likely N-dealkylation sites (N-methyl/N-ethyl adjacent to an activating group) is 1. The van der Waals surface area contributed by atoms with Gasteiger partial charge in [-0.25, -0.2) is 0 Å². The summed E-state index contributed by atoms with van der Waals surface area (Å²) >= 11 is 0. The summed E-state index contributed by atoms with van der Waals surface area (Å²) in [6.07, 6.45) is 2.23. The predicted molar refractivity (Wildman–Crippen MR) is 108 cm³/mol. The Morgan fingerprint density at radius 3 is 2.44 bits per heavy atom. The van der Waals surface area contributed by atoms with E-state index in [1.54, 1.807) is 0 Å². The number of rotatable bonds is 7. The first-order chi connectivity index (χ1) is 13.0. The van der Waals surface area contributed by atoms with Crippen molar-refractivity contribution in [3.63, 3.8) is 0 Å². The Morgan fingerprint density at radius 1 is 1.19 bits per heavy atom. The van der Waals surface area contributed by atoms with E-state index in [0.29, 0.717) is 19.1 Å². The molecule has 0 aromatic heterocycles. The number of anilines is 1. The van der Waals surface area contributed by atoms with Crippen LogP contribution in [0.25, 0.3) is 0 Å². The maximum Gasteiger partial charge on any atom is 0.241 e. The third kappa shape index (κ3) is 5.08. The van der Waals surface area contributed by atoms with Crippen LogP contribution in [-0.4, -0.2) is 73.0 Å². The fourth-order valence-electron chi connectivity index (χ4n) is 3.65. The van der Waals surface area contributed by atoms with Gasteiger partial charge in [0.1, 0.15) is 0 Å². The first-order valence-corrected chi connectivity index (χ1v) is 10.1. The summed E-state index contributed by atoms with van der Waals surface area (Å²) in [4.78, 5) is 31.4. The number of carbonyl (C=O) groups is 2. The van der Waals surface area contributed by atoms with Crippen molar-refractivity contribution >= 4 is 17.5 Å². The molecule has 0 radical (unpaired) electrons. The normalized spacial score (nSPS) is 19.5. The van der Waals surface area contributed by atoms with Crippen molar-refractivity contribution in [1.29, 1.82) is 0 Å². The second-order valence-electron chi connectivity index (χ2n) is 7.70. The molecular formula is C21H32N4O2. The van der Waals surface area contributed by atoms with Crippen LogP contribution in [0.4, 0.5) is 5.69 Å². The van der Waals surface area contributed by atoms with Gasteiger partial charge >= 0.3 is 0 Å². The summed E-state index contributed by atoms with van der Waals surface area (Å²) < 4.78 is 0. The maximum atomic E-state index is 12.9. The molecule has 1 heterocycles. The number of carbonyl (C=O) groups excluding carboxylic acids is 2. The van der Waals surface area contributed by atoms with E-state index in [2.05, 4.69) is 15.1 Å². The molecule has 1 aliphatic heterocycles. The molecule has 1 unspecified atom stereocenters. The van der Waals surface area contributed by atoms with Crippen molar-refractivity contribution in [2.24, 2.45) is 0 Å². The lowest BCUT2D eigenvalue weighted by Gasteiger charge is -2.37. The number of piperazine rings is 1. The number of nitrogens with one attached hydrogen (secondary N) is 1. The van der Waals surface area contributed by atoms with E-state index >= 15 is 0 Å². The minimum absolute atomic E-state index is 0.0949. The van der Waals surface area contributed by atoms with Crippen LogP contribution in [0.5, 0.6) is 0 Å². The van der Waals surface area contributed by atoms with E-state index < -0.39 is 0 Å². The molecule has 27 heavy (non-hydrogen) atoms. The minimum atomic E-state index is -0.0949. The lowest BCUT2D eigenvalue weighted by molar-refractivity contribution is -0.127. The van der Waals surface area contributed by atoms with E-state index in [1.807, 2.05) is 49.9 Å². The van der Waals surface area contributed by atoms with Crippen LogP contribution in [0.3, 0.4) is 0 Å². The number of benzene rings is 1. The first kappa shape index (κ1) is 19.8. The number of hydrogen-bond donors (Lipinski definition) is 1. The average Bonchev–Trinajstić information content (AvgIpc) is 3.48. The van der Waals surface area contributed by atoms with E-state index in [1.165, 1.54) is 0 Å². The molecule has 6 heteroatoms. The lowest BCUT2D eigenvalue weighted by Crippen LogP contribution is -2.55. The Labute approximate surface area is 162 Å². The van der Waals surface area contributed by atoms with Gasteiger partial charge in [0.2, 0.25) is 11.8 Å². The molecule has 0 bridgehead atoms. The number of para-hydroxylation sites is 1. The average molecular weight is 373 g/mol. The Hall–Kier alpha value is -1.92. The smallest absolute Gasteiger partial charge is 0.241 e. The van der Waals surface area contributed by atoms with Gasteiger partial charge in [-0.15, -0.1) is 0 Å². The fourth-order valence-corrected chi connectivity index (χ4v) is 3.65. The molecule has 1 aromatic carbocycles. The molecule has 1 aromatic rings. The number of nitrogens with zero attached hydrogens (tertiary/aromatic N) is 3. The van der Waals surface area contributed by atoms with Crippen molar-refractivity contribution in [3.8, 4) is 0 Å². The Morgan fingerprint density at radius 2 is 1.85 bits per heavy atom. The maximum absolute atomic E-state index is 12.9. The van der Waals surface area contributed by atoms with Gasteiger partial charge in [-0.2, -0.15) is 0 Å². The third-order valence-corrected chi connectivity index (χ3v) is 5.64. The van der Waals surface area contributed by atoms with Crippen LogP contribution in [0.15, 0.2) is 24.3 Å². The highest BCUT2D eigenvalue weighted by Crippen LogP contribution is 2.20. The molecule has 1 saturated carbocycles. The molecule has 3 rings (SSSR count). The van der Waals surface area contributed by atoms with Gasteiger partial charge in [0.25, 0.3) is 0 Å². The van der Waals surface area contributed by atoms with E-state index in [0.717, 1.165) is 50.3 Å². The van der Waals surface area contributed by atoms with E-state index in [4.69, 9.17) is 0 Å². The second-order valence-corrected chi connectivity index (χ2v) is 7.70. The van der Waals surface area contributed by atoms with Gasteiger partial charge in [-0.3, -0.25) is 19.4 Å². The van der Waals surface area contributed by atoms with Crippen molar-refractivity contribution in [2.45, 2.75) is 45.7 Å². The van der Waals surface area contributed by atoms with Crippen LogP contribution in [0, 0.1) is 6.92 Å². The topological polar surface area (TPSA) is 55.9 Å². The SMILES string of the molecule is CCN(C(=O)CN1CCN(C(C)C(=O)NC2CC2)CC1)c1ccccc1C. The predicted octanol–water partition coefficient (Wildman–Crippen LogP) is 1.63. The zero-order valence-electron chi connectivity index (χ0n) is 16.8. The zero-order chi connectivity index (χ0) is 19.4. The fraction of sp³-hybridized carbons (Fsp3) is 0.619. The van der Waals surface area contributed by atoms with Gasteiger partial charge in [0, 0.05) is 44.5 Å². The highest BCUT2D eigenvalue weighted by Gasteiger charge is 2.30. The van der Waals surface area contributed by atoms with E-state index in [-0.39, 0.29) is 17.9 Å². The quantitative estimate of drug-likeness (QED) is 0.790. The largest absolute Gasteiger partial charge is 0.352 e. The molecule has 1 saturated heterocycles. The summed E-state index contributed by atoms with van der Waals surface area (Å²) in [5.74, 6) is 0.276. The molecule has 2 fully saturated rings. The summed E-state index contributed by atoms with van der Waals surface area (Å²) in [5.41, 5.74) is 2.11. The molecular weight excluding hydrogens is 340 g/mol. The molecule has 1 N–H and O–H groups in total. The number of amides is 2. The monoisotopic (exact) mass is 372 g/mol. The highest BCUT2D eigenvalue weighted by atomic mass is 16.2. The van der Waals surface area contributed by atoms with E-state index in [9.17, 15) is 9.59 Å². The van der Waals surface area contributed by atoms with Gasteiger partial charge < -0.3 is 10.2 Å². The van der Waals surface area contributed by atoms with Crippen molar-refractivity contribution in [3.05, 3.63) is 29.8 Å². The molecule has 0 spiro atoms. The molecule has 1 atom stereocenters. The van der Waals surface area contributed by atoms with Gasteiger partial charge in [0.05, 0.1) is 12.6 Å². The molecule has 2 amide bonds. The third-order valence-electron chi connectivity index (χ3n) is 5.64. The summed E-state index contributed by atoms with van der Waals surface area (Å²) in [5, 5.41) is 3.09. The summed E-state index contributed by atoms with van der Waals surface area (Å²) in [6.45, 7) is 10.4. The van der Waals surface area contributed by atoms with Crippen molar-refractivity contribution in [1.82, 2.24) is 15.1 Å². The highest BCUT2D eigenvalue weighted by molar-refractivity contribution is 5.95. The zero-order valence-corrected chi connectivity index (χ0v) is 16.8. The molecule has 2 aliphatic rings. The van der Waals surface area contributed by atoms with Crippen LogP contribution in [0.1, 0.15) is 32.3 Å². The molecule has 148 valence electrons. The molecule has 6 nitrogen and oxygen atoms in total. The van der Waals surface area contributed by atoms with Crippen molar-refractivity contribution < 1.29 is 9.59 Å². The van der Waals surface area contributed by atoms with Crippen LogP contribution in [-0.2, 0) is 9.59 Å². The Bertz CT molecular complexity index is 666. The molecule has 1 aliphatic carbocycles. The Balaban J connectivity index is 1.50. The van der Waals surface area contributed by atoms with Crippen LogP contribution < -0.4 is 10.2 Å². The lowest BCUT2D eigenvalue weighted by atomic mass is 10.1. The summed E-state index contributed by atoms with van der Waals surface area (Å²) in [6, 6.07) is 8.33.